The first-order chi connectivity index (χ1) is 15.0. The largest absolute Gasteiger partial charge is 0.482 e. The van der Waals surface area contributed by atoms with Crippen molar-refractivity contribution in [3.63, 3.8) is 0 Å². The predicted octanol–water partition coefficient (Wildman–Crippen LogP) is 5.71. The molecule has 0 bridgehead atoms. The molecule has 1 fully saturated rings. The van der Waals surface area contributed by atoms with Gasteiger partial charge >= 0.3 is 0 Å². The smallest absolute Gasteiger partial charge is 0.256 e. The van der Waals surface area contributed by atoms with Gasteiger partial charge in [0, 0.05) is 31.5 Å². The molecule has 2 aliphatic heterocycles. The minimum atomic E-state index is -0.705. The fourth-order valence-corrected chi connectivity index (χ4v) is 4.27. The van der Waals surface area contributed by atoms with Crippen molar-refractivity contribution in [3.05, 3.63) is 95.6 Å². The molecule has 2 aliphatic rings. The topological polar surface area (TPSA) is 29.5 Å². The minimum absolute atomic E-state index is 0.227. The summed E-state index contributed by atoms with van der Waals surface area (Å²) in [6, 6.07) is 19.3. The highest BCUT2D eigenvalue weighted by Gasteiger charge is 2.38. The number of hydrogen-bond acceptors (Lipinski definition) is 2. The van der Waals surface area contributed by atoms with Crippen LogP contribution in [0.1, 0.15) is 28.8 Å². The number of halogens is 2. The molecular formula is C26H21F2NO2. The lowest BCUT2D eigenvalue weighted by Crippen LogP contribution is -2.49. The zero-order valence-corrected chi connectivity index (χ0v) is 16.9. The molecule has 1 saturated heterocycles. The SMILES string of the molecule is O=C(c1cc(F)ccc1F)N1CCC2(C=Cc3cc(-c4ccccc4)ccc3O2)CC1. The van der Waals surface area contributed by atoms with Crippen molar-refractivity contribution >= 4 is 12.0 Å². The van der Waals surface area contributed by atoms with E-state index in [1.807, 2.05) is 30.3 Å². The van der Waals surface area contributed by atoms with E-state index >= 15 is 0 Å². The molecule has 3 nitrogen and oxygen atoms in total. The third-order valence-corrected chi connectivity index (χ3v) is 6.05. The monoisotopic (exact) mass is 417 g/mol. The second-order valence-corrected chi connectivity index (χ2v) is 8.04. The number of fused-ring (bicyclic) bond motifs is 1. The molecule has 3 aromatic carbocycles. The molecule has 0 unspecified atom stereocenters. The maximum absolute atomic E-state index is 14.0. The highest BCUT2D eigenvalue weighted by atomic mass is 19.1. The molecule has 0 radical (unpaired) electrons. The van der Waals surface area contributed by atoms with Crippen LogP contribution in [-0.4, -0.2) is 29.5 Å². The van der Waals surface area contributed by atoms with Crippen LogP contribution in [0, 0.1) is 11.6 Å². The molecule has 0 atom stereocenters. The van der Waals surface area contributed by atoms with E-state index in [2.05, 4.69) is 30.4 Å². The number of likely N-dealkylation sites (tertiary alicyclic amines) is 1. The number of carbonyl (C=O) groups excluding carboxylic acids is 1. The summed E-state index contributed by atoms with van der Waals surface area (Å²) in [7, 11) is 0. The molecular weight excluding hydrogens is 396 g/mol. The molecule has 5 rings (SSSR count). The number of hydrogen-bond donors (Lipinski definition) is 0. The summed E-state index contributed by atoms with van der Waals surface area (Å²) in [6.07, 6.45) is 5.32. The average Bonchev–Trinajstić information content (AvgIpc) is 2.81. The molecule has 0 aliphatic carbocycles. The van der Waals surface area contributed by atoms with Crippen LogP contribution >= 0.6 is 0 Å². The van der Waals surface area contributed by atoms with Gasteiger partial charge in [-0.25, -0.2) is 8.78 Å². The Labute approximate surface area is 179 Å². The van der Waals surface area contributed by atoms with Gasteiger partial charge in [-0.05, 0) is 47.5 Å². The van der Waals surface area contributed by atoms with Gasteiger partial charge in [-0.15, -0.1) is 0 Å². The van der Waals surface area contributed by atoms with Crippen LogP contribution in [0.3, 0.4) is 0 Å². The van der Waals surface area contributed by atoms with E-state index in [0.717, 1.165) is 40.6 Å². The maximum atomic E-state index is 14.0. The lowest BCUT2D eigenvalue weighted by Gasteiger charge is -2.42. The van der Waals surface area contributed by atoms with Gasteiger partial charge < -0.3 is 9.64 Å². The Balaban J connectivity index is 1.31. The zero-order valence-electron chi connectivity index (χ0n) is 16.9. The quantitative estimate of drug-likeness (QED) is 0.534. The first-order valence-corrected chi connectivity index (χ1v) is 10.4. The van der Waals surface area contributed by atoms with E-state index in [1.54, 1.807) is 4.90 Å². The lowest BCUT2D eigenvalue weighted by atomic mass is 9.87. The van der Waals surface area contributed by atoms with Crippen molar-refractivity contribution in [2.24, 2.45) is 0 Å². The Morgan fingerprint density at radius 2 is 1.68 bits per heavy atom. The molecule has 0 saturated carbocycles. The normalized spacial score (nSPS) is 16.6. The zero-order chi connectivity index (χ0) is 21.4. The number of carbonyl (C=O) groups is 1. The van der Waals surface area contributed by atoms with Crippen molar-refractivity contribution in [3.8, 4) is 16.9 Å². The van der Waals surface area contributed by atoms with Gasteiger partial charge in [0.1, 0.15) is 23.0 Å². The van der Waals surface area contributed by atoms with Crippen molar-refractivity contribution in [1.82, 2.24) is 4.90 Å². The van der Waals surface area contributed by atoms with Crippen LogP contribution in [0.15, 0.2) is 72.8 Å². The number of rotatable bonds is 2. The fourth-order valence-electron chi connectivity index (χ4n) is 4.27. The van der Waals surface area contributed by atoms with Gasteiger partial charge in [0.2, 0.25) is 0 Å². The highest BCUT2D eigenvalue weighted by Crippen LogP contribution is 2.39. The highest BCUT2D eigenvalue weighted by molar-refractivity contribution is 5.94. The Kier molecular flexibility index (Phi) is 4.81. The second kappa shape index (κ2) is 7.65. The van der Waals surface area contributed by atoms with E-state index in [0.29, 0.717) is 25.9 Å². The molecule has 31 heavy (non-hydrogen) atoms. The van der Waals surface area contributed by atoms with Crippen molar-refractivity contribution in [2.45, 2.75) is 18.4 Å². The first kappa shape index (κ1) is 19.5. The third-order valence-electron chi connectivity index (χ3n) is 6.05. The van der Waals surface area contributed by atoms with Crippen LogP contribution in [0.25, 0.3) is 17.2 Å². The van der Waals surface area contributed by atoms with Gasteiger partial charge in [0.05, 0.1) is 5.56 Å². The summed E-state index contributed by atoms with van der Waals surface area (Å²) in [5, 5.41) is 0. The predicted molar refractivity (Wildman–Crippen MR) is 116 cm³/mol. The number of nitrogens with zero attached hydrogens (tertiary/aromatic N) is 1. The van der Waals surface area contributed by atoms with E-state index in [1.165, 1.54) is 0 Å². The number of amides is 1. The molecule has 0 N–H and O–H groups in total. The van der Waals surface area contributed by atoms with Gasteiger partial charge in [-0.2, -0.15) is 0 Å². The lowest BCUT2D eigenvalue weighted by molar-refractivity contribution is 0.0326. The van der Waals surface area contributed by atoms with E-state index in [4.69, 9.17) is 4.74 Å². The first-order valence-electron chi connectivity index (χ1n) is 10.4. The summed E-state index contributed by atoms with van der Waals surface area (Å²) in [6.45, 7) is 0.827. The standard InChI is InChI=1S/C26H21F2NO2/c27-21-7-8-23(28)22(17-21)25(30)29-14-12-26(13-15-29)11-10-20-16-19(6-9-24(20)31-26)18-4-2-1-3-5-18/h1-11,16-17H,12-15H2. The van der Waals surface area contributed by atoms with E-state index < -0.39 is 23.1 Å². The summed E-state index contributed by atoms with van der Waals surface area (Å²) in [5.41, 5.74) is 2.58. The van der Waals surface area contributed by atoms with Gasteiger partial charge in [-0.1, -0.05) is 42.5 Å². The number of piperidine rings is 1. The van der Waals surface area contributed by atoms with Crippen molar-refractivity contribution in [1.29, 1.82) is 0 Å². The van der Waals surface area contributed by atoms with Crippen LogP contribution in [0.5, 0.6) is 5.75 Å². The second-order valence-electron chi connectivity index (χ2n) is 8.04. The molecule has 3 aromatic rings. The van der Waals surface area contributed by atoms with E-state index in [9.17, 15) is 13.6 Å². The van der Waals surface area contributed by atoms with Crippen LogP contribution < -0.4 is 4.74 Å². The van der Waals surface area contributed by atoms with Crippen LogP contribution in [0.4, 0.5) is 8.78 Å². The molecule has 1 amide bonds. The van der Waals surface area contributed by atoms with Gasteiger partial charge in [0.15, 0.2) is 0 Å². The van der Waals surface area contributed by atoms with E-state index in [-0.39, 0.29) is 5.56 Å². The summed E-state index contributed by atoms with van der Waals surface area (Å²) in [4.78, 5) is 14.2. The molecule has 156 valence electrons. The summed E-state index contributed by atoms with van der Waals surface area (Å²) < 4.78 is 33.8. The Bertz CT molecular complexity index is 1170. The Morgan fingerprint density at radius 1 is 0.903 bits per heavy atom. The van der Waals surface area contributed by atoms with Crippen LogP contribution in [-0.2, 0) is 0 Å². The maximum Gasteiger partial charge on any atom is 0.256 e. The number of benzene rings is 3. The molecule has 2 heterocycles. The average molecular weight is 417 g/mol. The van der Waals surface area contributed by atoms with Gasteiger partial charge in [-0.3, -0.25) is 4.79 Å². The summed E-state index contributed by atoms with van der Waals surface area (Å²) in [5.74, 6) is -0.996. The molecule has 5 heteroatoms. The third kappa shape index (κ3) is 3.72. The van der Waals surface area contributed by atoms with Crippen molar-refractivity contribution < 1.29 is 18.3 Å². The Hall–Kier alpha value is -3.47. The number of ether oxygens (including phenoxy) is 1. The van der Waals surface area contributed by atoms with Gasteiger partial charge in [0.25, 0.3) is 5.91 Å². The summed E-state index contributed by atoms with van der Waals surface area (Å²) >= 11 is 0. The Morgan fingerprint density at radius 3 is 2.45 bits per heavy atom. The molecule has 0 aromatic heterocycles. The fraction of sp³-hybridized carbons (Fsp3) is 0.192. The molecule has 1 spiro atoms. The van der Waals surface area contributed by atoms with Crippen molar-refractivity contribution in [2.75, 3.05) is 13.1 Å². The minimum Gasteiger partial charge on any atom is -0.482 e. The van der Waals surface area contributed by atoms with Crippen LogP contribution in [0.2, 0.25) is 0 Å².